The maximum absolute atomic E-state index is 9.58. The van der Waals surface area contributed by atoms with Gasteiger partial charge in [-0.15, -0.1) is 0 Å². The zero-order valence-corrected chi connectivity index (χ0v) is 12.2. The Morgan fingerprint density at radius 2 is 1.86 bits per heavy atom. The van der Waals surface area contributed by atoms with Crippen LogP contribution in [0.1, 0.15) is 5.69 Å². The first-order chi connectivity index (χ1) is 10.9. The second-order valence-electron chi connectivity index (χ2n) is 5.19. The molecular weight excluding hydrogens is 276 g/mol. The monoisotopic (exact) mass is 294 g/mol. The first kappa shape index (κ1) is 14.4. The number of hydrogen-bond acceptors (Lipinski definition) is 5. The molecule has 0 saturated carbocycles. The number of nitrogens with zero attached hydrogens (tertiary/aromatic N) is 3. The first-order valence-electron chi connectivity index (χ1n) is 7.31. The Labute approximate surface area is 129 Å². The molecule has 2 N–H and O–H groups in total. The van der Waals surface area contributed by atoms with Gasteiger partial charge in [-0.1, -0.05) is 18.2 Å². The van der Waals surface area contributed by atoms with E-state index in [9.17, 15) is 5.11 Å². The minimum absolute atomic E-state index is 0.0867. The molecule has 0 amide bonds. The highest BCUT2D eigenvalue weighted by molar-refractivity contribution is 5.88. The van der Waals surface area contributed by atoms with Crippen LogP contribution in [0.3, 0.4) is 0 Å². The Kier molecular flexibility index (Phi) is 4.56. The molecule has 0 saturated heterocycles. The lowest BCUT2D eigenvalue weighted by Crippen LogP contribution is -2.21. The molecule has 0 aliphatic heterocycles. The molecule has 1 unspecified atom stereocenters. The second-order valence-corrected chi connectivity index (χ2v) is 5.19. The molecule has 5 nitrogen and oxygen atoms in total. The van der Waals surface area contributed by atoms with E-state index in [0.717, 1.165) is 28.8 Å². The maximum atomic E-state index is 9.58. The molecule has 0 spiro atoms. The van der Waals surface area contributed by atoms with Crippen molar-refractivity contribution < 1.29 is 5.11 Å². The Hall–Kier alpha value is -2.53. The van der Waals surface area contributed by atoms with Crippen LogP contribution in [0.4, 0.5) is 5.82 Å². The summed E-state index contributed by atoms with van der Waals surface area (Å²) in [5.74, 6) is 0.883. The summed E-state index contributed by atoms with van der Waals surface area (Å²) in [4.78, 5) is 12.9. The van der Waals surface area contributed by atoms with Crippen LogP contribution in [0, 0.1) is 5.92 Å². The lowest BCUT2D eigenvalue weighted by Gasteiger charge is -2.15. The van der Waals surface area contributed by atoms with Crippen molar-refractivity contribution in [1.82, 2.24) is 15.0 Å². The fourth-order valence-corrected chi connectivity index (χ4v) is 2.40. The summed E-state index contributed by atoms with van der Waals surface area (Å²) in [7, 11) is 0. The topological polar surface area (TPSA) is 70.9 Å². The Balaban J connectivity index is 1.69. The number of pyridine rings is 1. The van der Waals surface area contributed by atoms with Gasteiger partial charge in [0.15, 0.2) is 0 Å². The summed E-state index contributed by atoms with van der Waals surface area (Å²) in [6.07, 6.45) is 4.06. The number of para-hydroxylation sites is 1. The van der Waals surface area contributed by atoms with E-state index in [1.165, 1.54) is 0 Å². The quantitative estimate of drug-likeness (QED) is 0.730. The molecule has 0 radical (unpaired) electrons. The summed E-state index contributed by atoms with van der Waals surface area (Å²) in [5.41, 5.74) is 1.89. The van der Waals surface area contributed by atoms with Crippen molar-refractivity contribution in [1.29, 1.82) is 0 Å². The largest absolute Gasteiger partial charge is 0.396 e. The average molecular weight is 294 g/mol. The van der Waals surface area contributed by atoms with Gasteiger partial charge < -0.3 is 10.4 Å². The van der Waals surface area contributed by atoms with Crippen molar-refractivity contribution in [2.75, 3.05) is 18.5 Å². The zero-order valence-electron chi connectivity index (χ0n) is 12.2. The molecule has 3 rings (SSSR count). The molecule has 3 aromatic rings. The molecule has 0 aliphatic carbocycles. The molecule has 0 aliphatic rings. The van der Waals surface area contributed by atoms with Gasteiger partial charge in [0.2, 0.25) is 0 Å². The van der Waals surface area contributed by atoms with E-state index in [1.807, 2.05) is 42.5 Å². The summed E-state index contributed by atoms with van der Waals surface area (Å²) in [6, 6.07) is 13.7. The van der Waals surface area contributed by atoms with Gasteiger partial charge in [0, 0.05) is 36.3 Å². The van der Waals surface area contributed by atoms with Crippen LogP contribution >= 0.6 is 0 Å². The van der Waals surface area contributed by atoms with Crippen LogP contribution in [0.15, 0.2) is 55.0 Å². The zero-order chi connectivity index (χ0) is 15.2. The SMILES string of the molecule is OCC(CNc1ncnc2ccccc12)Cc1ccccn1. The van der Waals surface area contributed by atoms with Crippen molar-refractivity contribution in [3.8, 4) is 0 Å². The summed E-state index contributed by atoms with van der Waals surface area (Å²) >= 11 is 0. The third-order valence-corrected chi connectivity index (χ3v) is 3.58. The number of aliphatic hydroxyl groups excluding tert-OH is 1. The van der Waals surface area contributed by atoms with Crippen LogP contribution in [0.25, 0.3) is 10.9 Å². The Morgan fingerprint density at radius 3 is 2.68 bits per heavy atom. The number of aromatic nitrogens is 3. The highest BCUT2D eigenvalue weighted by Crippen LogP contribution is 2.19. The Morgan fingerprint density at radius 1 is 1.00 bits per heavy atom. The molecule has 5 heteroatoms. The lowest BCUT2D eigenvalue weighted by atomic mass is 10.0. The van der Waals surface area contributed by atoms with Crippen LogP contribution < -0.4 is 5.32 Å². The number of anilines is 1. The maximum Gasteiger partial charge on any atom is 0.137 e. The molecule has 112 valence electrons. The van der Waals surface area contributed by atoms with Gasteiger partial charge in [0.25, 0.3) is 0 Å². The van der Waals surface area contributed by atoms with Crippen molar-refractivity contribution in [2.24, 2.45) is 5.92 Å². The number of hydrogen-bond donors (Lipinski definition) is 2. The molecule has 2 aromatic heterocycles. The lowest BCUT2D eigenvalue weighted by molar-refractivity contribution is 0.232. The fourth-order valence-electron chi connectivity index (χ4n) is 2.40. The van der Waals surface area contributed by atoms with Crippen molar-refractivity contribution >= 4 is 16.7 Å². The van der Waals surface area contributed by atoms with E-state index in [-0.39, 0.29) is 12.5 Å². The third-order valence-electron chi connectivity index (χ3n) is 3.58. The van der Waals surface area contributed by atoms with Crippen LogP contribution in [-0.4, -0.2) is 33.2 Å². The summed E-state index contributed by atoms with van der Waals surface area (Å²) in [5, 5.41) is 13.9. The predicted octanol–water partition coefficient (Wildman–Crippen LogP) is 2.29. The predicted molar refractivity (Wildman–Crippen MR) is 86.5 cm³/mol. The summed E-state index contributed by atoms with van der Waals surface area (Å²) < 4.78 is 0. The van der Waals surface area contributed by atoms with Crippen LogP contribution in [0.5, 0.6) is 0 Å². The Bertz CT molecular complexity index is 728. The smallest absolute Gasteiger partial charge is 0.137 e. The average Bonchev–Trinajstić information content (AvgIpc) is 2.59. The van der Waals surface area contributed by atoms with E-state index in [1.54, 1.807) is 12.5 Å². The van der Waals surface area contributed by atoms with E-state index in [4.69, 9.17) is 0 Å². The molecule has 0 bridgehead atoms. The molecule has 0 fully saturated rings. The van der Waals surface area contributed by atoms with Gasteiger partial charge in [0.1, 0.15) is 12.1 Å². The van der Waals surface area contributed by atoms with E-state index >= 15 is 0 Å². The normalized spacial score (nSPS) is 12.2. The number of rotatable bonds is 6. The highest BCUT2D eigenvalue weighted by atomic mass is 16.3. The number of aliphatic hydroxyl groups is 1. The van der Waals surface area contributed by atoms with Gasteiger partial charge in [-0.3, -0.25) is 4.98 Å². The highest BCUT2D eigenvalue weighted by Gasteiger charge is 2.11. The molecule has 1 atom stereocenters. The number of nitrogens with one attached hydrogen (secondary N) is 1. The molecule has 22 heavy (non-hydrogen) atoms. The second kappa shape index (κ2) is 6.95. The van der Waals surface area contributed by atoms with Crippen molar-refractivity contribution in [2.45, 2.75) is 6.42 Å². The van der Waals surface area contributed by atoms with E-state index < -0.39 is 0 Å². The van der Waals surface area contributed by atoms with Crippen molar-refractivity contribution in [3.63, 3.8) is 0 Å². The third kappa shape index (κ3) is 3.38. The van der Waals surface area contributed by atoms with Gasteiger partial charge >= 0.3 is 0 Å². The number of fused-ring (bicyclic) bond motifs is 1. The van der Waals surface area contributed by atoms with E-state index in [0.29, 0.717) is 6.54 Å². The fraction of sp³-hybridized carbons (Fsp3) is 0.235. The van der Waals surface area contributed by atoms with Crippen LogP contribution in [-0.2, 0) is 6.42 Å². The first-order valence-corrected chi connectivity index (χ1v) is 7.31. The van der Waals surface area contributed by atoms with E-state index in [2.05, 4.69) is 20.3 Å². The van der Waals surface area contributed by atoms with Gasteiger partial charge in [-0.25, -0.2) is 9.97 Å². The van der Waals surface area contributed by atoms with Crippen LogP contribution in [0.2, 0.25) is 0 Å². The van der Waals surface area contributed by atoms with Gasteiger partial charge in [-0.2, -0.15) is 0 Å². The minimum atomic E-state index is 0.0867. The van der Waals surface area contributed by atoms with Gasteiger partial charge in [-0.05, 0) is 30.7 Å². The van der Waals surface area contributed by atoms with Crippen molar-refractivity contribution in [3.05, 3.63) is 60.7 Å². The number of benzene rings is 1. The summed E-state index contributed by atoms with van der Waals surface area (Å²) in [6.45, 7) is 0.737. The molecule has 1 aromatic carbocycles. The minimum Gasteiger partial charge on any atom is -0.396 e. The van der Waals surface area contributed by atoms with Gasteiger partial charge in [0.05, 0.1) is 5.52 Å². The molecular formula is C17H18N4O. The standard InChI is InChI=1S/C17H18N4O/c22-11-13(9-14-5-3-4-8-18-14)10-19-17-15-6-1-2-7-16(15)20-12-21-17/h1-8,12-13,22H,9-11H2,(H,19,20,21). The molecule has 2 heterocycles.